The van der Waals surface area contributed by atoms with E-state index in [1.807, 2.05) is 85.5 Å². The first-order valence-electron chi connectivity index (χ1n) is 13.5. The Balaban J connectivity index is 1.08. The van der Waals surface area contributed by atoms with Crippen molar-refractivity contribution in [2.24, 2.45) is 10.2 Å². The summed E-state index contributed by atoms with van der Waals surface area (Å²) in [6.07, 6.45) is 16.3. The standard InChI is InChI=1S/C32H36N4O2/c1(3-9-27-11-7-21-33-25-27)5-23-37-31-17-13-29(14-18-31)35-36-30-15-19-32(20-16-30)38-24-6-2-4-10-28-12-8-22-34-26-28/h7-8,11-22,25-26H,1-6,9-10,23-24H2. The van der Waals surface area contributed by atoms with Gasteiger partial charge in [-0.3, -0.25) is 9.97 Å². The van der Waals surface area contributed by atoms with Gasteiger partial charge in [0, 0.05) is 24.8 Å². The molecule has 38 heavy (non-hydrogen) atoms. The third-order valence-corrected chi connectivity index (χ3v) is 6.16. The lowest BCUT2D eigenvalue weighted by molar-refractivity contribution is 0.305. The van der Waals surface area contributed by atoms with Crippen LogP contribution in [0.5, 0.6) is 11.5 Å². The molecule has 2 aromatic carbocycles. The van der Waals surface area contributed by atoms with Gasteiger partial charge in [-0.25, -0.2) is 0 Å². The molecule has 6 heteroatoms. The SMILES string of the molecule is c1cncc(CCCCCOc2ccc(N=Nc3ccc(OCCCCCc4cccnc4)cc3)cc2)c1. The van der Waals surface area contributed by atoms with E-state index in [4.69, 9.17) is 9.47 Å². The van der Waals surface area contributed by atoms with Crippen LogP contribution in [-0.2, 0) is 12.8 Å². The molecule has 196 valence electrons. The van der Waals surface area contributed by atoms with E-state index >= 15 is 0 Å². The summed E-state index contributed by atoms with van der Waals surface area (Å²) in [5.74, 6) is 1.71. The van der Waals surface area contributed by atoms with Gasteiger partial charge in [-0.1, -0.05) is 12.1 Å². The maximum Gasteiger partial charge on any atom is 0.119 e. The van der Waals surface area contributed by atoms with Gasteiger partial charge < -0.3 is 9.47 Å². The van der Waals surface area contributed by atoms with Gasteiger partial charge in [0.05, 0.1) is 24.6 Å². The lowest BCUT2D eigenvalue weighted by Crippen LogP contribution is -1.97. The highest BCUT2D eigenvalue weighted by molar-refractivity contribution is 5.44. The number of nitrogens with zero attached hydrogens (tertiary/aromatic N) is 4. The monoisotopic (exact) mass is 508 g/mol. The molecule has 0 aliphatic carbocycles. The first-order chi connectivity index (χ1) is 18.8. The van der Waals surface area contributed by atoms with Gasteiger partial charge in [0.15, 0.2) is 0 Å². The van der Waals surface area contributed by atoms with Crippen molar-refractivity contribution in [2.45, 2.75) is 51.4 Å². The van der Waals surface area contributed by atoms with Crippen LogP contribution in [-0.4, -0.2) is 23.2 Å². The molecule has 0 aliphatic heterocycles. The van der Waals surface area contributed by atoms with Crippen molar-refractivity contribution in [3.05, 3.63) is 109 Å². The van der Waals surface area contributed by atoms with E-state index in [0.717, 1.165) is 74.2 Å². The lowest BCUT2D eigenvalue weighted by atomic mass is 10.1. The molecule has 0 amide bonds. The van der Waals surface area contributed by atoms with E-state index in [2.05, 4.69) is 32.3 Å². The minimum atomic E-state index is 0.716. The van der Waals surface area contributed by atoms with Crippen molar-refractivity contribution >= 4 is 11.4 Å². The lowest BCUT2D eigenvalue weighted by Gasteiger charge is -2.07. The van der Waals surface area contributed by atoms with Crippen LogP contribution in [0.2, 0.25) is 0 Å². The molecule has 0 saturated carbocycles. The van der Waals surface area contributed by atoms with Crippen LogP contribution in [0.15, 0.2) is 108 Å². The van der Waals surface area contributed by atoms with Gasteiger partial charge in [0.25, 0.3) is 0 Å². The molecule has 4 aromatic rings. The molecule has 0 N–H and O–H groups in total. The minimum Gasteiger partial charge on any atom is -0.494 e. The Labute approximate surface area is 225 Å². The second-order valence-electron chi connectivity index (χ2n) is 9.23. The van der Waals surface area contributed by atoms with E-state index in [9.17, 15) is 0 Å². The van der Waals surface area contributed by atoms with Gasteiger partial charge in [0.1, 0.15) is 11.5 Å². The molecule has 6 nitrogen and oxygen atoms in total. The normalized spacial score (nSPS) is 11.1. The molecular formula is C32H36N4O2. The zero-order valence-electron chi connectivity index (χ0n) is 21.9. The minimum absolute atomic E-state index is 0.716. The average molecular weight is 509 g/mol. The van der Waals surface area contributed by atoms with E-state index in [-0.39, 0.29) is 0 Å². The maximum atomic E-state index is 5.86. The van der Waals surface area contributed by atoms with Crippen molar-refractivity contribution in [2.75, 3.05) is 13.2 Å². The second-order valence-corrected chi connectivity index (χ2v) is 9.23. The van der Waals surface area contributed by atoms with Crippen LogP contribution in [0.3, 0.4) is 0 Å². The number of aromatic nitrogens is 2. The Bertz CT molecular complexity index is 1100. The highest BCUT2D eigenvalue weighted by Crippen LogP contribution is 2.23. The van der Waals surface area contributed by atoms with Gasteiger partial charge in [0.2, 0.25) is 0 Å². The number of aryl methyl sites for hydroxylation is 2. The molecule has 0 spiro atoms. The van der Waals surface area contributed by atoms with Crippen LogP contribution in [0.1, 0.15) is 49.7 Å². The smallest absolute Gasteiger partial charge is 0.119 e. The molecule has 0 bridgehead atoms. The Morgan fingerprint density at radius 1 is 0.500 bits per heavy atom. The molecule has 0 fully saturated rings. The van der Waals surface area contributed by atoms with E-state index in [1.54, 1.807) is 0 Å². The van der Waals surface area contributed by atoms with Gasteiger partial charge in [-0.2, -0.15) is 10.2 Å². The van der Waals surface area contributed by atoms with Crippen molar-refractivity contribution in [1.29, 1.82) is 0 Å². The maximum absolute atomic E-state index is 5.86. The summed E-state index contributed by atoms with van der Waals surface area (Å²) in [4.78, 5) is 8.32. The highest BCUT2D eigenvalue weighted by atomic mass is 16.5. The number of pyridine rings is 2. The molecular weight excluding hydrogens is 472 g/mol. The molecule has 2 heterocycles. The van der Waals surface area contributed by atoms with Gasteiger partial charge >= 0.3 is 0 Å². The Kier molecular flexibility index (Phi) is 11.3. The summed E-state index contributed by atoms with van der Waals surface area (Å²) < 4.78 is 11.7. The largest absolute Gasteiger partial charge is 0.494 e. The average Bonchev–Trinajstić information content (AvgIpc) is 2.98. The van der Waals surface area contributed by atoms with Crippen LogP contribution in [0.4, 0.5) is 11.4 Å². The fraction of sp³-hybridized carbons (Fsp3) is 0.312. The fourth-order valence-corrected chi connectivity index (χ4v) is 4.02. The number of rotatable bonds is 16. The molecule has 0 radical (unpaired) electrons. The number of hydrogen-bond acceptors (Lipinski definition) is 6. The van der Waals surface area contributed by atoms with E-state index in [1.165, 1.54) is 11.1 Å². The summed E-state index contributed by atoms with van der Waals surface area (Å²) in [6.45, 7) is 1.43. The van der Waals surface area contributed by atoms with Crippen LogP contribution in [0.25, 0.3) is 0 Å². The Morgan fingerprint density at radius 2 is 0.947 bits per heavy atom. The Hall–Kier alpha value is -4.06. The number of azo groups is 1. The number of benzene rings is 2. The number of hydrogen-bond donors (Lipinski definition) is 0. The van der Waals surface area contributed by atoms with Gasteiger partial charge in [-0.15, -0.1) is 0 Å². The Morgan fingerprint density at radius 3 is 1.34 bits per heavy atom. The first kappa shape index (κ1) is 27.0. The summed E-state index contributed by atoms with van der Waals surface area (Å²) in [5.41, 5.74) is 4.17. The number of ether oxygens (including phenoxy) is 2. The summed E-state index contributed by atoms with van der Waals surface area (Å²) in [7, 11) is 0. The summed E-state index contributed by atoms with van der Waals surface area (Å²) in [6, 6.07) is 23.7. The summed E-state index contributed by atoms with van der Waals surface area (Å²) >= 11 is 0. The zero-order valence-corrected chi connectivity index (χ0v) is 21.9. The van der Waals surface area contributed by atoms with Crippen molar-refractivity contribution in [3.8, 4) is 11.5 Å². The quantitative estimate of drug-likeness (QED) is 0.112. The van der Waals surface area contributed by atoms with Crippen molar-refractivity contribution in [3.63, 3.8) is 0 Å². The van der Waals surface area contributed by atoms with Crippen LogP contribution < -0.4 is 9.47 Å². The fourth-order valence-electron chi connectivity index (χ4n) is 4.02. The van der Waals surface area contributed by atoms with E-state index in [0.29, 0.717) is 13.2 Å². The molecule has 0 saturated heterocycles. The summed E-state index contributed by atoms with van der Waals surface area (Å²) in [5, 5.41) is 8.67. The van der Waals surface area contributed by atoms with Crippen LogP contribution in [0, 0.1) is 0 Å². The predicted molar refractivity (Wildman–Crippen MR) is 152 cm³/mol. The number of unbranched alkanes of at least 4 members (excludes halogenated alkanes) is 4. The highest BCUT2D eigenvalue weighted by Gasteiger charge is 1.99. The first-order valence-corrected chi connectivity index (χ1v) is 13.5. The topological polar surface area (TPSA) is 69.0 Å². The molecule has 0 atom stereocenters. The molecule has 4 rings (SSSR count). The third-order valence-electron chi connectivity index (χ3n) is 6.16. The van der Waals surface area contributed by atoms with Crippen molar-refractivity contribution < 1.29 is 9.47 Å². The van der Waals surface area contributed by atoms with Gasteiger partial charge in [-0.05, 0) is 123 Å². The van der Waals surface area contributed by atoms with Crippen molar-refractivity contribution in [1.82, 2.24) is 9.97 Å². The predicted octanol–water partition coefficient (Wildman–Crippen LogP) is 8.48. The van der Waals surface area contributed by atoms with Crippen LogP contribution >= 0.6 is 0 Å². The molecule has 0 unspecified atom stereocenters. The second kappa shape index (κ2) is 15.9. The molecule has 0 aliphatic rings. The van der Waals surface area contributed by atoms with E-state index < -0.39 is 0 Å². The zero-order chi connectivity index (χ0) is 26.1. The third kappa shape index (κ3) is 10.1. The molecule has 2 aromatic heterocycles.